The number of pyridine rings is 1. The predicted molar refractivity (Wildman–Crippen MR) is 135 cm³/mol. The fraction of sp³-hybridized carbons (Fsp3) is 0.435. The molecule has 3 aromatic heterocycles. The number of nitrogens with zero attached hydrogens (tertiary/aromatic N) is 4. The van der Waals surface area contributed by atoms with Crippen molar-refractivity contribution in [3.63, 3.8) is 0 Å². The van der Waals surface area contributed by atoms with Crippen LogP contribution in [-0.4, -0.2) is 59.8 Å². The molecule has 192 valence electrons. The molecule has 1 amide bonds. The van der Waals surface area contributed by atoms with Crippen LogP contribution >= 0.6 is 11.3 Å². The van der Waals surface area contributed by atoms with Crippen molar-refractivity contribution in [2.24, 2.45) is 0 Å². The van der Waals surface area contributed by atoms with Crippen molar-refractivity contribution >= 4 is 33.0 Å². The summed E-state index contributed by atoms with van der Waals surface area (Å²) in [4.78, 5) is 31.1. The lowest BCUT2D eigenvalue weighted by atomic mass is 9.92. The van der Waals surface area contributed by atoms with E-state index in [2.05, 4.69) is 30.0 Å². The van der Waals surface area contributed by atoms with E-state index in [1.54, 1.807) is 31.6 Å². The van der Waals surface area contributed by atoms with E-state index < -0.39 is 21.5 Å². The summed E-state index contributed by atoms with van der Waals surface area (Å²) in [7, 11) is -1.86. The molecule has 11 nitrogen and oxygen atoms in total. The van der Waals surface area contributed by atoms with E-state index in [1.165, 1.54) is 23.7 Å². The van der Waals surface area contributed by atoms with E-state index in [-0.39, 0.29) is 10.3 Å². The average molecular weight is 533 g/mol. The van der Waals surface area contributed by atoms with Crippen LogP contribution in [0.5, 0.6) is 5.88 Å². The van der Waals surface area contributed by atoms with Gasteiger partial charge in [-0.05, 0) is 45.2 Å². The molecule has 0 aliphatic heterocycles. The highest BCUT2D eigenvalue weighted by atomic mass is 32.2. The Morgan fingerprint density at radius 3 is 2.78 bits per heavy atom. The Morgan fingerprint density at radius 1 is 1.25 bits per heavy atom. The number of hydrogen-bond donors (Lipinski definition) is 2. The molecular weight excluding hydrogens is 504 g/mol. The van der Waals surface area contributed by atoms with E-state index in [9.17, 15) is 13.2 Å². The fourth-order valence-corrected chi connectivity index (χ4v) is 5.61. The lowest BCUT2D eigenvalue weighted by molar-refractivity contribution is 0.0869. The number of methoxy groups -OCH3 is 1. The quantitative estimate of drug-likeness (QED) is 0.359. The van der Waals surface area contributed by atoms with Crippen molar-refractivity contribution in [1.29, 1.82) is 0 Å². The van der Waals surface area contributed by atoms with Crippen molar-refractivity contribution in [3.05, 3.63) is 47.6 Å². The standard InChI is InChI=1S/C23H28N6O5S2/c1-4-34-20-14-24-12-17(27-20)18-13-26-22(35-18)21(30)28-23(2,8-10-33-3)19-11-15(7-9-25-19)29-36(31,32)16-5-6-16/h7,9,11-14,16H,4-6,8,10H2,1-3H3,(H,25,29)(H,28,30). The summed E-state index contributed by atoms with van der Waals surface area (Å²) >= 11 is 1.18. The Balaban J connectivity index is 1.55. The van der Waals surface area contributed by atoms with Crippen LogP contribution in [-0.2, 0) is 20.3 Å². The van der Waals surface area contributed by atoms with Crippen LogP contribution in [0.2, 0.25) is 0 Å². The summed E-state index contributed by atoms with van der Waals surface area (Å²) in [6.45, 7) is 4.49. The molecule has 1 saturated carbocycles. The lowest BCUT2D eigenvalue weighted by Crippen LogP contribution is -2.45. The van der Waals surface area contributed by atoms with Gasteiger partial charge in [0.2, 0.25) is 15.9 Å². The second kappa shape index (κ2) is 10.8. The number of thiazole rings is 1. The molecule has 4 rings (SSSR count). The van der Waals surface area contributed by atoms with Gasteiger partial charge >= 0.3 is 0 Å². The molecule has 0 spiro atoms. The number of nitrogens with one attached hydrogen (secondary N) is 2. The number of amides is 1. The largest absolute Gasteiger partial charge is 0.477 e. The third-order valence-electron chi connectivity index (χ3n) is 5.60. The van der Waals surface area contributed by atoms with Crippen LogP contribution in [0.1, 0.15) is 48.6 Å². The van der Waals surface area contributed by atoms with E-state index in [1.807, 2.05) is 13.8 Å². The van der Waals surface area contributed by atoms with Gasteiger partial charge in [0.25, 0.3) is 5.91 Å². The van der Waals surface area contributed by atoms with Crippen molar-refractivity contribution in [1.82, 2.24) is 25.3 Å². The maximum atomic E-state index is 13.2. The van der Waals surface area contributed by atoms with Crippen LogP contribution in [0.3, 0.4) is 0 Å². The summed E-state index contributed by atoms with van der Waals surface area (Å²) < 4.78 is 38.1. The molecule has 0 bridgehead atoms. The highest BCUT2D eigenvalue weighted by Gasteiger charge is 2.36. The van der Waals surface area contributed by atoms with Crippen molar-refractivity contribution in [2.75, 3.05) is 25.0 Å². The molecular formula is C23H28N6O5S2. The number of sulfonamides is 1. The van der Waals surface area contributed by atoms with Gasteiger partial charge in [-0.2, -0.15) is 0 Å². The van der Waals surface area contributed by atoms with Gasteiger partial charge in [-0.3, -0.25) is 19.5 Å². The molecule has 3 heterocycles. The minimum Gasteiger partial charge on any atom is -0.477 e. The Hall–Kier alpha value is -3.16. The smallest absolute Gasteiger partial charge is 0.281 e. The van der Waals surface area contributed by atoms with Gasteiger partial charge in [0.1, 0.15) is 5.69 Å². The topological polar surface area (TPSA) is 145 Å². The zero-order valence-electron chi connectivity index (χ0n) is 20.2. The fourth-order valence-electron chi connectivity index (χ4n) is 3.47. The molecule has 1 aliphatic rings. The number of ether oxygens (including phenoxy) is 2. The van der Waals surface area contributed by atoms with Gasteiger partial charge in [0, 0.05) is 26.1 Å². The van der Waals surface area contributed by atoms with Gasteiger partial charge in [-0.25, -0.2) is 18.4 Å². The maximum Gasteiger partial charge on any atom is 0.281 e. The normalized spacial score (nSPS) is 15.2. The number of hydrogen-bond acceptors (Lipinski definition) is 10. The molecule has 36 heavy (non-hydrogen) atoms. The van der Waals surface area contributed by atoms with Gasteiger partial charge in [0.05, 0.1) is 46.0 Å². The molecule has 1 aliphatic carbocycles. The minimum atomic E-state index is -3.43. The highest BCUT2D eigenvalue weighted by Crippen LogP contribution is 2.32. The summed E-state index contributed by atoms with van der Waals surface area (Å²) in [5.74, 6) is -0.00523. The van der Waals surface area contributed by atoms with E-state index in [0.717, 1.165) is 0 Å². The van der Waals surface area contributed by atoms with Gasteiger partial charge in [0.15, 0.2) is 5.01 Å². The van der Waals surface area contributed by atoms with E-state index >= 15 is 0 Å². The average Bonchev–Trinajstić information content (AvgIpc) is 3.61. The second-order valence-electron chi connectivity index (χ2n) is 8.51. The molecule has 1 atom stereocenters. The van der Waals surface area contributed by atoms with E-state index in [0.29, 0.717) is 60.3 Å². The third kappa shape index (κ3) is 6.15. The van der Waals surface area contributed by atoms with Crippen molar-refractivity contribution in [2.45, 2.75) is 43.9 Å². The molecule has 0 saturated heterocycles. The molecule has 0 aromatic carbocycles. The van der Waals surface area contributed by atoms with Crippen LogP contribution < -0.4 is 14.8 Å². The first kappa shape index (κ1) is 25.9. The van der Waals surface area contributed by atoms with Gasteiger partial charge < -0.3 is 14.8 Å². The molecule has 1 fully saturated rings. The van der Waals surface area contributed by atoms with Crippen LogP contribution in [0, 0.1) is 0 Å². The summed E-state index contributed by atoms with van der Waals surface area (Å²) in [5.41, 5.74) is 0.497. The number of carbonyl (C=O) groups excluding carboxylic acids is 1. The first-order chi connectivity index (χ1) is 17.2. The van der Waals surface area contributed by atoms with Crippen LogP contribution in [0.4, 0.5) is 5.69 Å². The van der Waals surface area contributed by atoms with Crippen molar-refractivity contribution < 1.29 is 22.7 Å². The SMILES string of the molecule is CCOc1cncc(-c2cnc(C(=O)NC(C)(CCOC)c3cc(NS(=O)(=O)C4CC4)ccn3)s2)n1. The third-order valence-corrected chi connectivity index (χ3v) is 8.49. The summed E-state index contributed by atoms with van der Waals surface area (Å²) in [6, 6.07) is 3.23. The summed E-state index contributed by atoms with van der Waals surface area (Å²) in [5, 5.41) is 2.89. The zero-order chi connectivity index (χ0) is 25.8. The Bertz CT molecular complexity index is 1330. The minimum absolute atomic E-state index is 0.239. The molecule has 13 heteroatoms. The lowest BCUT2D eigenvalue weighted by Gasteiger charge is -2.30. The maximum absolute atomic E-state index is 13.2. The number of rotatable bonds is 12. The molecule has 3 aromatic rings. The number of anilines is 1. The first-order valence-electron chi connectivity index (χ1n) is 11.4. The summed E-state index contributed by atoms with van der Waals surface area (Å²) in [6.07, 6.45) is 7.91. The Kier molecular flexibility index (Phi) is 7.81. The predicted octanol–water partition coefficient (Wildman–Crippen LogP) is 2.98. The van der Waals surface area contributed by atoms with E-state index in [4.69, 9.17) is 9.47 Å². The number of carbonyl (C=O) groups is 1. The van der Waals surface area contributed by atoms with Gasteiger partial charge in [-0.1, -0.05) is 0 Å². The molecule has 0 radical (unpaired) electrons. The monoisotopic (exact) mass is 532 g/mol. The van der Waals surface area contributed by atoms with Crippen molar-refractivity contribution in [3.8, 4) is 16.5 Å². The zero-order valence-corrected chi connectivity index (χ0v) is 21.9. The van der Waals surface area contributed by atoms with Crippen LogP contribution in [0.15, 0.2) is 36.9 Å². The molecule has 2 N–H and O–H groups in total. The Labute approximate surface area is 213 Å². The number of aromatic nitrogens is 4. The highest BCUT2D eigenvalue weighted by molar-refractivity contribution is 7.93. The molecule has 1 unspecified atom stereocenters. The first-order valence-corrected chi connectivity index (χ1v) is 13.8. The van der Waals surface area contributed by atoms with Gasteiger partial charge in [-0.15, -0.1) is 11.3 Å². The second-order valence-corrected chi connectivity index (χ2v) is 11.5. The Morgan fingerprint density at radius 2 is 2.06 bits per heavy atom. The van der Waals surface area contributed by atoms with Crippen LogP contribution in [0.25, 0.3) is 10.6 Å².